The summed E-state index contributed by atoms with van der Waals surface area (Å²) >= 11 is 1.69. The van der Waals surface area contributed by atoms with Crippen LogP contribution in [-0.4, -0.2) is 36.4 Å². The molecule has 0 saturated heterocycles. The van der Waals surface area contributed by atoms with Gasteiger partial charge in [-0.1, -0.05) is 0 Å². The van der Waals surface area contributed by atoms with E-state index in [0.717, 1.165) is 29.1 Å². The molecule has 0 aromatic carbocycles. The molecule has 1 rings (SSSR count). The fourth-order valence-corrected chi connectivity index (χ4v) is 2.16. The number of nitro groups is 1. The minimum Gasteiger partial charge on any atom is -0.497 e. The summed E-state index contributed by atoms with van der Waals surface area (Å²) in [5.74, 6) is 2.78. The van der Waals surface area contributed by atoms with Crippen LogP contribution in [0.2, 0.25) is 0 Å². The molecule has 0 amide bonds. The zero-order valence-corrected chi connectivity index (χ0v) is 12.3. The first kappa shape index (κ1) is 16.1. The van der Waals surface area contributed by atoms with Crippen LogP contribution in [0.1, 0.15) is 5.69 Å². The molecule has 7 nitrogen and oxygen atoms in total. The van der Waals surface area contributed by atoms with Crippen molar-refractivity contribution in [3.63, 3.8) is 0 Å². The highest BCUT2D eigenvalue weighted by molar-refractivity contribution is 7.98. The van der Waals surface area contributed by atoms with Crippen molar-refractivity contribution in [1.82, 2.24) is 15.6 Å². The second kappa shape index (κ2) is 9.03. The van der Waals surface area contributed by atoms with Crippen molar-refractivity contribution in [1.29, 1.82) is 0 Å². The van der Waals surface area contributed by atoms with Gasteiger partial charge in [0.2, 0.25) is 0 Å². The third-order valence-electron chi connectivity index (χ3n) is 2.34. The Morgan fingerprint density at radius 3 is 3.10 bits per heavy atom. The standard InChI is InChI=1S/C12H18N4O3S/c1-13-12(8-16(17)18)15-5-6-20-9-10-7-11(19-2)3-4-14-10/h3-4,7-8,13,15H,5-6,9H2,1-2H3. The van der Waals surface area contributed by atoms with Crippen molar-refractivity contribution < 1.29 is 9.66 Å². The molecular weight excluding hydrogens is 280 g/mol. The first-order chi connectivity index (χ1) is 9.65. The first-order valence-electron chi connectivity index (χ1n) is 5.99. The van der Waals surface area contributed by atoms with Gasteiger partial charge in [0.15, 0.2) is 5.82 Å². The molecule has 0 aliphatic heterocycles. The molecule has 0 spiro atoms. The van der Waals surface area contributed by atoms with E-state index in [4.69, 9.17) is 4.74 Å². The summed E-state index contributed by atoms with van der Waals surface area (Å²) < 4.78 is 5.12. The predicted molar refractivity (Wildman–Crippen MR) is 79.1 cm³/mol. The molecule has 20 heavy (non-hydrogen) atoms. The second-order valence-electron chi connectivity index (χ2n) is 3.74. The third kappa shape index (κ3) is 6.28. The van der Waals surface area contributed by atoms with Gasteiger partial charge in [-0.3, -0.25) is 15.1 Å². The molecule has 1 heterocycles. The highest BCUT2D eigenvalue weighted by atomic mass is 32.2. The van der Waals surface area contributed by atoms with E-state index in [9.17, 15) is 10.1 Å². The maximum absolute atomic E-state index is 10.3. The molecule has 0 aliphatic rings. The van der Waals surface area contributed by atoms with E-state index in [-0.39, 0.29) is 0 Å². The van der Waals surface area contributed by atoms with Crippen LogP contribution in [-0.2, 0) is 5.75 Å². The van der Waals surface area contributed by atoms with Crippen LogP contribution in [0.4, 0.5) is 0 Å². The molecule has 8 heteroatoms. The smallest absolute Gasteiger partial charge is 0.274 e. The summed E-state index contributed by atoms with van der Waals surface area (Å²) in [5, 5.41) is 16.0. The number of ether oxygens (including phenoxy) is 1. The van der Waals surface area contributed by atoms with Gasteiger partial charge in [0.1, 0.15) is 5.75 Å². The van der Waals surface area contributed by atoms with Crippen molar-refractivity contribution in [3.05, 3.63) is 46.2 Å². The zero-order valence-electron chi connectivity index (χ0n) is 11.5. The van der Waals surface area contributed by atoms with E-state index in [1.54, 1.807) is 38.2 Å². The second-order valence-corrected chi connectivity index (χ2v) is 4.85. The highest BCUT2D eigenvalue weighted by Gasteiger charge is 2.00. The van der Waals surface area contributed by atoms with Crippen molar-refractivity contribution in [2.45, 2.75) is 5.75 Å². The Hall–Kier alpha value is -1.96. The van der Waals surface area contributed by atoms with Crippen LogP contribution in [0.25, 0.3) is 0 Å². The van der Waals surface area contributed by atoms with Crippen LogP contribution in [0.5, 0.6) is 5.75 Å². The van der Waals surface area contributed by atoms with Gasteiger partial charge in [0, 0.05) is 37.4 Å². The quantitative estimate of drug-likeness (QED) is 0.402. The number of rotatable bonds is 9. The van der Waals surface area contributed by atoms with Gasteiger partial charge in [-0.15, -0.1) is 0 Å². The number of methoxy groups -OCH3 is 1. The Kier molecular flexibility index (Phi) is 7.26. The fourth-order valence-electron chi connectivity index (χ4n) is 1.40. The highest BCUT2D eigenvalue weighted by Crippen LogP contribution is 2.15. The van der Waals surface area contributed by atoms with Crippen LogP contribution in [0, 0.1) is 10.1 Å². The van der Waals surface area contributed by atoms with Gasteiger partial charge in [-0.25, -0.2) is 0 Å². The van der Waals surface area contributed by atoms with Gasteiger partial charge in [0.25, 0.3) is 6.20 Å². The van der Waals surface area contributed by atoms with Crippen LogP contribution < -0.4 is 15.4 Å². The Morgan fingerprint density at radius 1 is 1.65 bits per heavy atom. The largest absolute Gasteiger partial charge is 0.497 e. The molecule has 0 radical (unpaired) electrons. The molecule has 1 aromatic heterocycles. The van der Waals surface area contributed by atoms with E-state index in [1.165, 1.54) is 0 Å². The maximum Gasteiger partial charge on any atom is 0.274 e. The van der Waals surface area contributed by atoms with Crippen molar-refractivity contribution in [2.75, 3.05) is 26.5 Å². The van der Waals surface area contributed by atoms with Crippen molar-refractivity contribution in [2.24, 2.45) is 0 Å². The van der Waals surface area contributed by atoms with Gasteiger partial charge in [-0.2, -0.15) is 11.8 Å². The average Bonchev–Trinajstić information content (AvgIpc) is 2.45. The normalized spacial score (nSPS) is 11.0. The summed E-state index contributed by atoms with van der Waals surface area (Å²) in [6, 6.07) is 3.70. The number of hydrogen-bond acceptors (Lipinski definition) is 7. The minimum absolute atomic E-state index is 0.398. The number of pyridine rings is 1. The maximum atomic E-state index is 10.3. The van der Waals surface area contributed by atoms with E-state index in [0.29, 0.717) is 12.4 Å². The van der Waals surface area contributed by atoms with Crippen molar-refractivity contribution >= 4 is 11.8 Å². The number of nitrogens with zero attached hydrogens (tertiary/aromatic N) is 2. The summed E-state index contributed by atoms with van der Waals surface area (Å²) in [7, 11) is 3.26. The van der Waals surface area contributed by atoms with E-state index < -0.39 is 4.92 Å². The first-order valence-corrected chi connectivity index (χ1v) is 7.14. The number of nitrogens with one attached hydrogen (secondary N) is 2. The minimum atomic E-state index is -0.494. The Balaban J connectivity index is 2.26. The van der Waals surface area contributed by atoms with Gasteiger partial charge in [0.05, 0.1) is 17.7 Å². The summed E-state index contributed by atoms with van der Waals surface area (Å²) in [4.78, 5) is 14.1. The molecule has 0 aliphatic carbocycles. The Labute approximate surface area is 122 Å². The lowest BCUT2D eigenvalue weighted by molar-refractivity contribution is -0.404. The van der Waals surface area contributed by atoms with Crippen LogP contribution in [0.3, 0.4) is 0 Å². The van der Waals surface area contributed by atoms with Crippen LogP contribution >= 0.6 is 11.8 Å². The summed E-state index contributed by atoms with van der Waals surface area (Å²) in [6.45, 7) is 0.634. The molecule has 0 saturated carbocycles. The molecule has 2 N–H and O–H groups in total. The fraction of sp³-hybridized carbons (Fsp3) is 0.417. The average molecular weight is 298 g/mol. The molecule has 0 bridgehead atoms. The molecular formula is C12H18N4O3S. The summed E-state index contributed by atoms with van der Waals surface area (Å²) in [5.41, 5.74) is 0.948. The van der Waals surface area contributed by atoms with Crippen LogP contribution in [0.15, 0.2) is 30.4 Å². The summed E-state index contributed by atoms with van der Waals surface area (Å²) in [6.07, 6.45) is 2.63. The van der Waals surface area contributed by atoms with Gasteiger partial charge < -0.3 is 15.4 Å². The van der Waals surface area contributed by atoms with E-state index in [2.05, 4.69) is 15.6 Å². The number of thioether (sulfide) groups is 1. The van der Waals surface area contributed by atoms with Gasteiger partial charge >= 0.3 is 0 Å². The monoisotopic (exact) mass is 298 g/mol. The Morgan fingerprint density at radius 2 is 2.45 bits per heavy atom. The molecule has 0 atom stereocenters. The lowest BCUT2D eigenvalue weighted by Gasteiger charge is -2.07. The lowest BCUT2D eigenvalue weighted by atomic mass is 10.3. The predicted octanol–water partition coefficient (Wildman–Crippen LogP) is 1.21. The molecule has 0 unspecified atom stereocenters. The van der Waals surface area contributed by atoms with Crippen molar-refractivity contribution in [3.8, 4) is 5.75 Å². The lowest BCUT2D eigenvalue weighted by Crippen LogP contribution is -2.26. The molecule has 110 valence electrons. The zero-order chi connectivity index (χ0) is 14.8. The Bertz CT molecular complexity index is 468. The van der Waals surface area contributed by atoms with E-state index in [1.807, 2.05) is 6.07 Å². The SMILES string of the molecule is CNC(=C[N+](=O)[O-])NCCSCc1cc(OC)ccn1. The third-order valence-corrected chi connectivity index (χ3v) is 3.33. The molecule has 1 aromatic rings. The topological polar surface area (TPSA) is 89.3 Å². The number of hydrogen-bond donors (Lipinski definition) is 2. The molecule has 0 fully saturated rings. The van der Waals surface area contributed by atoms with Gasteiger partial charge in [-0.05, 0) is 6.07 Å². The number of aromatic nitrogens is 1. The van der Waals surface area contributed by atoms with E-state index >= 15 is 0 Å².